The average Bonchev–Trinajstić information content (AvgIpc) is 3.23. The average molecular weight is 402 g/mol. The lowest BCUT2D eigenvalue weighted by Crippen LogP contribution is -2.35. The highest BCUT2D eigenvalue weighted by atomic mass is 32.2. The molecular formula is C18H15FN4O2S2. The van der Waals surface area contributed by atoms with Crippen molar-refractivity contribution in [3.05, 3.63) is 46.9 Å². The number of amides is 3. The first kappa shape index (κ1) is 17.9. The lowest BCUT2D eigenvalue weighted by Gasteiger charge is -2.07. The number of aryl methyl sites for hydroxylation is 2. The van der Waals surface area contributed by atoms with Crippen LogP contribution in [0.3, 0.4) is 0 Å². The molecule has 0 aliphatic heterocycles. The van der Waals surface area contributed by atoms with Gasteiger partial charge in [-0.2, -0.15) is 0 Å². The molecule has 1 aromatic carbocycles. The van der Waals surface area contributed by atoms with E-state index in [0.717, 1.165) is 34.5 Å². The first-order valence-electron chi connectivity index (χ1n) is 8.35. The zero-order valence-electron chi connectivity index (χ0n) is 14.1. The second-order valence-electron chi connectivity index (χ2n) is 5.99. The maximum absolute atomic E-state index is 13.5. The maximum Gasteiger partial charge on any atom is 0.325 e. The van der Waals surface area contributed by atoms with Crippen molar-refractivity contribution in [1.82, 2.24) is 15.3 Å². The third-order valence-corrected chi connectivity index (χ3v) is 6.37. The second-order valence-corrected chi connectivity index (χ2v) is 8.03. The molecule has 1 aliphatic rings. The van der Waals surface area contributed by atoms with Gasteiger partial charge in [0.05, 0.1) is 11.4 Å². The molecule has 27 heavy (non-hydrogen) atoms. The molecule has 0 unspecified atom stereocenters. The lowest BCUT2D eigenvalue weighted by molar-refractivity contribution is -0.117. The standard InChI is InChI=1S/C18H15FN4O2S2/c19-11-5-1-2-6-12(11)22-18(25)23-14(24)8-26-16-15-10-4-3-7-13(10)27-17(15)21-9-20-16/h1-2,5-6,9H,3-4,7-8H2,(H2,22,23,24,25). The Morgan fingerprint density at radius 1 is 1.22 bits per heavy atom. The van der Waals surface area contributed by atoms with Gasteiger partial charge in [-0.25, -0.2) is 19.2 Å². The van der Waals surface area contributed by atoms with Crippen molar-refractivity contribution < 1.29 is 14.0 Å². The number of rotatable bonds is 4. The van der Waals surface area contributed by atoms with E-state index in [0.29, 0.717) is 0 Å². The summed E-state index contributed by atoms with van der Waals surface area (Å²) in [5, 5.41) is 6.31. The Balaban J connectivity index is 1.39. The lowest BCUT2D eigenvalue weighted by atomic mass is 10.2. The van der Waals surface area contributed by atoms with Gasteiger partial charge in [0.25, 0.3) is 0 Å². The highest BCUT2D eigenvalue weighted by Crippen LogP contribution is 2.39. The fourth-order valence-corrected chi connectivity index (χ4v) is 5.14. The minimum absolute atomic E-state index is 0.0156. The summed E-state index contributed by atoms with van der Waals surface area (Å²) >= 11 is 2.95. The molecule has 6 nitrogen and oxygen atoms in total. The van der Waals surface area contributed by atoms with Crippen LogP contribution in [0, 0.1) is 5.82 Å². The Labute approximate surface area is 162 Å². The van der Waals surface area contributed by atoms with Crippen molar-refractivity contribution in [2.45, 2.75) is 24.3 Å². The number of imide groups is 1. The molecule has 138 valence electrons. The zero-order chi connectivity index (χ0) is 18.8. The number of para-hydroxylation sites is 1. The number of benzene rings is 1. The fraction of sp³-hybridized carbons (Fsp3) is 0.222. The van der Waals surface area contributed by atoms with Gasteiger partial charge in [-0.3, -0.25) is 10.1 Å². The molecule has 3 aromatic rings. The molecule has 3 amide bonds. The van der Waals surface area contributed by atoms with Crippen molar-refractivity contribution in [2.75, 3.05) is 11.1 Å². The number of carbonyl (C=O) groups is 2. The quantitative estimate of drug-likeness (QED) is 0.513. The molecule has 1 aliphatic carbocycles. The molecule has 0 fully saturated rings. The van der Waals surface area contributed by atoms with Gasteiger partial charge in [0.15, 0.2) is 0 Å². The maximum atomic E-state index is 13.5. The Hall–Kier alpha value is -2.52. The van der Waals surface area contributed by atoms with Crippen LogP contribution < -0.4 is 10.6 Å². The van der Waals surface area contributed by atoms with Gasteiger partial charge in [0.1, 0.15) is 22.0 Å². The number of nitrogens with one attached hydrogen (secondary N) is 2. The summed E-state index contributed by atoms with van der Waals surface area (Å²) in [5.74, 6) is -1.02. The van der Waals surface area contributed by atoms with E-state index in [4.69, 9.17) is 0 Å². The highest BCUT2D eigenvalue weighted by molar-refractivity contribution is 8.00. The van der Waals surface area contributed by atoms with Crippen LogP contribution in [0.4, 0.5) is 14.9 Å². The van der Waals surface area contributed by atoms with Crippen LogP contribution >= 0.6 is 23.1 Å². The molecule has 2 heterocycles. The van der Waals surface area contributed by atoms with Crippen molar-refractivity contribution >= 4 is 50.9 Å². The summed E-state index contributed by atoms with van der Waals surface area (Å²) in [5.41, 5.74) is 1.30. The van der Waals surface area contributed by atoms with Gasteiger partial charge in [-0.15, -0.1) is 11.3 Å². The summed E-state index contributed by atoms with van der Waals surface area (Å²) in [4.78, 5) is 34.9. The Kier molecular flexibility index (Phi) is 5.04. The molecule has 0 saturated heterocycles. The van der Waals surface area contributed by atoms with Crippen LogP contribution in [0.5, 0.6) is 0 Å². The summed E-state index contributed by atoms with van der Waals surface area (Å²) < 4.78 is 13.5. The van der Waals surface area contributed by atoms with Gasteiger partial charge in [0, 0.05) is 10.3 Å². The van der Waals surface area contributed by atoms with E-state index < -0.39 is 17.8 Å². The first-order valence-corrected chi connectivity index (χ1v) is 10.2. The molecule has 0 atom stereocenters. The van der Waals surface area contributed by atoms with Crippen LogP contribution in [0.15, 0.2) is 35.6 Å². The number of hydrogen-bond donors (Lipinski definition) is 2. The predicted molar refractivity (Wildman–Crippen MR) is 104 cm³/mol. The Morgan fingerprint density at radius 3 is 2.93 bits per heavy atom. The molecule has 4 rings (SSSR count). The van der Waals surface area contributed by atoms with Crippen LogP contribution in [0.2, 0.25) is 0 Å². The van der Waals surface area contributed by atoms with Gasteiger partial charge in [-0.05, 0) is 37.0 Å². The van der Waals surface area contributed by atoms with Crippen molar-refractivity contribution in [1.29, 1.82) is 0 Å². The molecule has 0 spiro atoms. The summed E-state index contributed by atoms with van der Waals surface area (Å²) in [6, 6.07) is 4.99. The SMILES string of the molecule is O=C(CSc1ncnc2sc3c(c12)CCC3)NC(=O)Nc1ccccc1F. The zero-order valence-corrected chi connectivity index (χ0v) is 15.8. The van der Waals surface area contributed by atoms with Gasteiger partial charge in [-0.1, -0.05) is 23.9 Å². The van der Waals surface area contributed by atoms with E-state index in [1.807, 2.05) is 0 Å². The minimum atomic E-state index is -0.769. The highest BCUT2D eigenvalue weighted by Gasteiger charge is 2.21. The molecule has 2 N–H and O–H groups in total. The number of aromatic nitrogens is 2. The number of carbonyl (C=O) groups excluding carboxylic acids is 2. The van der Waals surface area contributed by atoms with Gasteiger partial charge < -0.3 is 5.32 Å². The topological polar surface area (TPSA) is 84.0 Å². The normalized spacial score (nSPS) is 12.8. The van der Waals surface area contributed by atoms with Crippen molar-refractivity contribution in [3.8, 4) is 0 Å². The first-order chi connectivity index (χ1) is 13.1. The van der Waals surface area contributed by atoms with Crippen molar-refractivity contribution in [3.63, 3.8) is 0 Å². The number of anilines is 1. The Morgan fingerprint density at radius 2 is 2.07 bits per heavy atom. The number of thioether (sulfide) groups is 1. The number of nitrogens with zero attached hydrogens (tertiary/aromatic N) is 2. The summed E-state index contributed by atoms with van der Waals surface area (Å²) in [6.07, 6.45) is 4.70. The smallest absolute Gasteiger partial charge is 0.305 e. The molecule has 0 bridgehead atoms. The Bertz CT molecular complexity index is 1040. The van der Waals surface area contributed by atoms with E-state index in [1.54, 1.807) is 17.4 Å². The van der Waals surface area contributed by atoms with Crippen LogP contribution in [0.1, 0.15) is 16.9 Å². The second kappa shape index (κ2) is 7.61. The molecule has 2 aromatic heterocycles. The van der Waals surface area contributed by atoms with E-state index >= 15 is 0 Å². The van der Waals surface area contributed by atoms with Gasteiger partial charge >= 0.3 is 6.03 Å². The van der Waals surface area contributed by atoms with Crippen LogP contribution in [-0.4, -0.2) is 27.7 Å². The number of thiophene rings is 1. The predicted octanol–water partition coefficient (Wildman–Crippen LogP) is 3.76. The number of urea groups is 1. The minimum Gasteiger partial charge on any atom is -0.305 e. The van der Waals surface area contributed by atoms with E-state index in [-0.39, 0.29) is 11.4 Å². The molecular weight excluding hydrogens is 387 g/mol. The molecule has 0 radical (unpaired) electrons. The van der Waals surface area contributed by atoms with E-state index in [2.05, 4.69) is 20.6 Å². The van der Waals surface area contributed by atoms with Crippen LogP contribution in [0.25, 0.3) is 10.2 Å². The monoisotopic (exact) mass is 402 g/mol. The van der Waals surface area contributed by atoms with Gasteiger partial charge in [0.2, 0.25) is 5.91 Å². The third-order valence-electron chi connectivity index (χ3n) is 4.18. The molecule has 0 saturated carbocycles. The van der Waals surface area contributed by atoms with Crippen LogP contribution in [-0.2, 0) is 17.6 Å². The third kappa shape index (κ3) is 3.79. The van der Waals surface area contributed by atoms with E-state index in [1.165, 1.54) is 46.7 Å². The van der Waals surface area contributed by atoms with Crippen molar-refractivity contribution in [2.24, 2.45) is 0 Å². The number of fused-ring (bicyclic) bond motifs is 3. The number of hydrogen-bond acceptors (Lipinski definition) is 6. The molecule has 9 heteroatoms. The fourth-order valence-electron chi connectivity index (χ4n) is 3.02. The number of halogens is 1. The summed E-state index contributed by atoms with van der Waals surface area (Å²) in [7, 11) is 0. The largest absolute Gasteiger partial charge is 0.325 e. The summed E-state index contributed by atoms with van der Waals surface area (Å²) in [6.45, 7) is 0. The van der Waals surface area contributed by atoms with E-state index in [9.17, 15) is 14.0 Å².